The lowest BCUT2D eigenvalue weighted by Crippen LogP contribution is -2.17. The first-order valence-corrected chi connectivity index (χ1v) is 7.26. The van der Waals surface area contributed by atoms with E-state index in [1.54, 1.807) is 27.7 Å². The summed E-state index contributed by atoms with van der Waals surface area (Å²) in [5, 5.41) is -0.551. The average Bonchev–Trinajstić information content (AvgIpc) is 2.27. The number of carbonyl (C=O) groups is 1. The minimum absolute atomic E-state index is 0.0512. The van der Waals surface area contributed by atoms with E-state index in [0.29, 0.717) is 0 Å². The lowest BCUT2D eigenvalue weighted by Gasteiger charge is -2.11. The number of pyridine rings is 1. The first kappa shape index (κ1) is 14.6. The number of rotatable bonds is 4. The second-order valence-corrected chi connectivity index (χ2v) is 7.23. The first-order chi connectivity index (χ1) is 8.17. The standard InChI is InChI=1S/C12H18N2O3S/c1-7(2)12(15)11-10(13)5-9(6-14-11)18(16,17)8(3)4/h5-8H,13H2,1-4H3. The maximum atomic E-state index is 11.9. The Morgan fingerprint density at radius 2 is 1.83 bits per heavy atom. The van der Waals surface area contributed by atoms with Crippen molar-refractivity contribution in [2.24, 2.45) is 5.92 Å². The van der Waals surface area contributed by atoms with Gasteiger partial charge in [0, 0.05) is 12.1 Å². The van der Waals surface area contributed by atoms with Gasteiger partial charge in [-0.05, 0) is 19.9 Å². The Labute approximate surface area is 107 Å². The second kappa shape index (κ2) is 5.06. The molecule has 0 fully saturated rings. The number of nitrogens with two attached hydrogens (primary N) is 1. The topological polar surface area (TPSA) is 90.1 Å². The van der Waals surface area contributed by atoms with Crippen molar-refractivity contribution in [2.45, 2.75) is 37.8 Å². The van der Waals surface area contributed by atoms with E-state index < -0.39 is 15.1 Å². The van der Waals surface area contributed by atoms with Crippen molar-refractivity contribution in [3.63, 3.8) is 0 Å². The van der Waals surface area contributed by atoms with Gasteiger partial charge in [-0.3, -0.25) is 4.79 Å². The van der Waals surface area contributed by atoms with Crippen LogP contribution in [0.25, 0.3) is 0 Å². The van der Waals surface area contributed by atoms with E-state index in [0.717, 1.165) is 0 Å². The number of nitrogen functional groups attached to an aromatic ring is 1. The first-order valence-electron chi connectivity index (χ1n) is 5.71. The van der Waals surface area contributed by atoms with E-state index >= 15 is 0 Å². The molecule has 0 spiro atoms. The minimum Gasteiger partial charge on any atom is -0.397 e. The number of anilines is 1. The third kappa shape index (κ3) is 2.69. The molecule has 0 saturated carbocycles. The number of nitrogens with zero attached hydrogens (tertiary/aromatic N) is 1. The SMILES string of the molecule is CC(C)C(=O)c1ncc(S(=O)(=O)C(C)C)cc1N. The predicted octanol–water partition coefficient (Wildman–Crippen LogP) is 1.68. The maximum Gasteiger partial charge on any atom is 0.185 e. The summed E-state index contributed by atoms with van der Waals surface area (Å²) in [6.45, 7) is 6.64. The molecule has 0 aliphatic heterocycles. The lowest BCUT2D eigenvalue weighted by atomic mass is 10.0. The summed E-state index contributed by atoms with van der Waals surface area (Å²) in [6.07, 6.45) is 1.20. The summed E-state index contributed by atoms with van der Waals surface area (Å²) in [5.74, 6) is -0.423. The highest BCUT2D eigenvalue weighted by Gasteiger charge is 2.22. The Hall–Kier alpha value is -1.43. The zero-order valence-electron chi connectivity index (χ0n) is 11.0. The van der Waals surface area contributed by atoms with E-state index in [2.05, 4.69) is 4.98 Å². The van der Waals surface area contributed by atoms with Crippen LogP contribution in [0.2, 0.25) is 0 Å². The molecule has 18 heavy (non-hydrogen) atoms. The van der Waals surface area contributed by atoms with Crippen LogP contribution >= 0.6 is 0 Å². The van der Waals surface area contributed by atoms with Gasteiger partial charge in [-0.25, -0.2) is 13.4 Å². The Kier molecular flexibility index (Phi) is 4.11. The van der Waals surface area contributed by atoms with Crippen molar-refractivity contribution in [1.29, 1.82) is 0 Å². The zero-order valence-corrected chi connectivity index (χ0v) is 11.8. The van der Waals surface area contributed by atoms with E-state index in [4.69, 9.17) is 5.73 Å². The quantitative estimate of drug-likeness (QED) is 0.841. The molecule has 0 unspecified atom stereocenters. The average molecular weight is 270 g/mol. The molecule has 1 aromatic rings. The van der Waals surface area contributed by atoms with Crippen LogP contribution in [0.15, 0.2) is 17.2 Å². The van der Waals surface area contributed by atoms with Gasteiger partial charge in [-0.15, -0.1) is 0 Å². The second-order valence-electron chi connectivity index (χ2n) is 4.72. The molecule has 100 valence electrons. The van der Waals surface area contributed by atoms with Crippen molar-refractivity contribution >= 4 is 21.3 Å². The highest BCUT2D eigenvalue weighted by Crippen LogP contribution is 2.21. The van der Waals surface area contributed by atoms with Gasteiger partial charge >= 0.3 is 0 Å². The molecule has 2 N–H and O–H groups in total. The number of ketones is 1. The predicted molar refractivity (Wildman–Crippen MR) is 70.1 cm³/mol. The smallest absolute Gasteiger partial charge is 0.185 e. The van der Waals surface area contributed by atoms with Crippen LogP contribution < -0.4 is 5.73 Å². The molecule has 1 aromatic heterocycles. The lowest BCUT2D eigenvalue weighted by molar-refractivity contribution is 0.0935. The fraction of sp³-hybridized carbons (Fsp3) is 0.500. The van der Waals surface area contributed by atoms with Gasteiger partial charge in [-0.2, -0.15) is 0 Å². The van der Waals surface area contributed by atoms with Crippen LogP contribution in [0.5, 0.6) is 0 Å². The monoisotopic (exact) mass is 270 g/mol. The minimum atomic E-state index is -3.42. The van der Waals surface area contributed by atoms with Crippen LogP contribution in [0, 0.1) is 5.92 Å². The van der Waals surface area contributed by atoms with Gasteiger partial charge in [0.25, 0.3) is 0 Å². The van der Waals surface area contributed by atoms with Crippen molar-refractivity contribution in [3.8, 4) is 0 Å². The van der Waals surface area contributed by atoms with E-state index in [1.807, 2.05) is 0 Å². The highest BCUT2D eigenvalue weighted by atomic mass is 32.2. The summed E-state index contributed by atoms with van der Waals surface area (Å²) in [4.78, 5) is 15.7. The molecule has 1 rings (SSSR count). The number of carbonyl (C=O) groups excluding carboxylic acids is 1. The van der Waals surface area contributed by atoms with Gasteiger partial charge < -0.3 is 5.73 Å². The van der Waals surface area contributed by atoms with Gasteiger partial charge in [0.1, 0.15) is 5.69 Å². The summed E-state index contributed by atoms with van der Waals surface area (Å²) in [7, 11) is -3.42. The van der Waals surface area contributed by atoms with Crippen molar-refractivity contribution in [1.82, 2.24) is 4.98 Å². The molecule has 6 heteroatoms. The number of hydrogen-bond acceptors (Lipinski definition) is 5. The Morgan fingerprint density at radius 1 is 1.28 bits per heavy atom. The van der Waals surface area contributed by atoms with Gasteiger partial charge in [0.15, 0.2) is 15.6 Å². The molecule has 0 aliphatic rings. The van der Waals surface area contributed by atoms with E-state index in [-0.39, 0.29) is 28.0 Å². The molecule has 0 aliphatic carbocycles. The fourth-order valence-corrected chi connectivity index (χ4v) is 2.40. The molecule has 0 bridgehead atoms. The molecular formula is C12H18N2O3S. The van der Waals surface area contributed by atoms with Crippen LogP contribution in [-0.4, -0.2) is 24.4 Å². The molecule has 0 aromatic carbocycles. The number of Topliss-reactive ketones (excluding diaryl/α,β-unsaturated/α-hetero) is 1. The van der Waals surface area contributed by atoms with Gasteiger partial charge in [0.05, 0.1) is 15.8 Å². The van der Waals surface area contributed by atoms with Crippen LogP contribution in [0.1, 0.15) is 38.2 Å². The Bertz CT molecular complexity index is 563. The third-order valence-electron chi connectivity index (χ3n) is 2.60. The molecule has 5 nitrogen and oxygen atoms in total. The summed E-state index contributed by atoms with van der Waals surface area (Å²) in [6, 6.07) is 1.30. The zero-order chi connectivity index (χ0) is 14.1. The number of sulfone groups is 1. The maximum absolute atomic E-state index is 11.9. The number of hydrogen-bond donors (Lipinski definition) is 1. The molecule has 1 heterocycles. The summed E-state index contributed by atoms with van der Waals surface area (Å²) in [5.41, 5.74) is 5.95. The summed E-state index contributed by atoms with van der Waals surface area (Å²) >= 11 is 0. The van der Waals surface area contributed by atoms with Crippen LogP contribution in [-0.2, 0) is 9.84 Å². The third-order valence-corrected chi connectivity index (χ3v) is 4.72. The fourth-order valence-electron chi connectivity index (χ4n) is 1.37. The van der Waals surface area contributed by atoms with Crippen molar-refractivity contribution in [2.75, 3.05) is 5.73 Å². The Morgan fingerprint density at radius 3 is 2.22 bits per heavy atom. The van der Waals surface area contributed by atoms with Gasteiger partial charge in [0.2, 0.25) is 0 Å². The molecular weight excluding hydrogens is 252 g/mol. The van der Waals surface area contributed by atoms with Crippen LogP contribution in [0.4, 0.5) is 5.69 Å². The molecule has 0 saturated heterocycles. The number of aromatic nitrogens is 1. The molecule has 0 amide bonds. The molecule has 0 radical (unpaired) electrons. The summed E-state index contributed by atoms with van der Waals surface area (Å²) < 4.78 is 23.8. The largest absolute Gasteiger partial charge is 0.397 e. The van der Waals surface area contributed by atoms with E-state index in [1.165, 1.54) is 12.3 Å². The highest BCUT2D eigenvalue weighted by molar-refractivity contribution is 7.92. The molecule has 0 atom stereocenters. The van der Waals surface area contributed by atoms with Crippen molar-refractivity contribution in [3.05, 3.63) is 18.0 Å². The normalized spacial score (nSPS) is 12.1. The van der Waals surface area contributed by atoms with Crippen LogP contribution in [0.3, 0.4) is 0 Å². The van der Waals surface area contributed by atoms with Gasteiger partial charge in [-0.1, -0.05) is 13.8 Å². The Balaban J connectivity index is 3.27. The van der Waals surface area contributed by atoms with Crippen molar-refractivity contribution < 1.29 is 13.2 Å². The van der Waals surface area contributed by atoms with E-state index in [9.17, 15) is 13.2 Å².